The van der Waals surface area contributed by atoms with Crippen LogP contribution >= 0.6 is 23.2 Å². The summed E-state index contributed by atoms with van der Waals surface area (Å²) < 4.78 is 13.5. The van der Waals surface area contributed by atoms with E-state index >= 15 is 0 Å². The molecule has 0 radical (unpaired) electrons. The molecular weight excluding hydrogens is 351 g/mol. The van der Waals surface area contributed by atoms with E-state index in [4.69, 9.17) is 32.7 Å². The molecule has 0 aliphatic carbocycles. The highest BCUT2D eigenvalue weighted by Crippen LogP contribution is 2.38. The van der Waals surface area contributed by atoms with Gasteiger partial charge in [0.1, 0.15) is 12.9 Å². The molecule has 2 aromatic heterocycles. The van der Waals surface area contributed by atoms with Crippen LogP contribution in [0.25, 0.3) is 11.5 Å². The number of rotatable bonds is 4. The van der Waals surface area contributed by atoms with E-state index < -0.39 is 5.79 Å². The summed E-state index contributed by atoms with van der Waals surface area (Å²) in [4.78, 5) is 7.40. The van der Waals surface area contributed by atoms with Gasteiger partial charge in [-0.2, -0.15) is 0 Å². The van der Waals surface area contributed by atoms with E-state index in [0.29, 0.717) is 35.6 Å². The molecule has 1 N–H and O–H groups in total. The molecule has 0 unspecified atom stereocenters. The molecule has 4 rings (SSSR count). The first-order valence-electron chi connectivity index (χ1n) is 7.43. The molecule has 6 nitrogen and oxygen atoms in total. The van der Waals surface area contributed by atoms with E-state index in [1.807, 2.05) is 24.4 Å². The van der Waals surface area contributed by atoms with Gasteiger partial charge in [0.2, 0.25) is 5.79 Å². The van der Waals surface area contributed by atoms with Crippen molar-refractivity contribution in [1.29, 1.82) is 0 Å². The molecular formula is C16H14Cl2N4O2. The highest BCUT2D eigenvalue weighted by atomic mass is 35.5. The quantitative estimate of drug-likeness (QED) is 0.769. The Labute approximate surface area is 148 Å². The maximum absolute atomic E-state index is 6.36. The SMILES string of the molecule is Clc1ccc(C2(Cn3cnc(-c4ccc[nH]4)n3)OCCO2)c(Cl)c1. The van der Waals surface area contributed by atoms with Crippen molar-refractivity contribution in [3.63, 3.8) is 0 Å². The minimum Gasteiger partial charge on any atom is -0.359 e. The molecule has 1 aromatic carbocycles. The van der Waals surface area contributed by atoms with Crippen molar-refractivity contribution in [2.45, 2.75) is 12.3 Å². The number of benzene rings is 1. The average Bonchev–Trinajstić information content (AvgIpc) is 3.28. The van der Waals surface area contributed by atoms with Crippen LogP contribution < -0.4 is 0 Å². The van der Waals surface area contributed by atoms with Gasteiger partial charge in [-0.25, -0.2) is 9.67 Å². The van der Waals surface area contributed by atoms with Crippen LogP contribution in [0.15, 0.2) is 42.9 Å². The molecule has 0 bridgehead atoms. The molecule has 0 saturated carbocycles. The lowest BCUT2D eigenvalue weighted by Gasteiger charge is -2.28. The first-order chi connectivity index (χ1) is 11.7. The molecule has 8 heteroatoms. The third kappa shape index (κ3) is 2.82. The number of nitrogens with one attached hydrogen (secondary N) is 1. The van der Waals surface area contributed by atoms with Crippen LogP contribution in [-0.2, 0) is 21.8 Å². The van der Waals surface area contributed by atoms with E-state index in [2.05, 4.69) is 15.1 Å². The maximum Gasteiger partial charge on any atom is 0.216 e. The van der Waals surface area contributed by atoms with Crippen LogP contribution in [-0.4, -0.2) is 33.0 Å². The molecule has 1 fully saturated rings. The molecule has 3 aromatic rings. The Kier molecular flexibility index (Phi) is 4.05. The Morgan fingerprint density at radius 1 is 1.21 bits per heavy atom. The second-order valence-electron chi connectivity index (χ2n) is 5.42. The van der Waals surface area contributed by atoms with Crippen molar-refractivity contribution in [2.75, 3.05) is 13.2 Å². The predicted molar refractivity (Wildman–Crippen MR) is 89.9 cm³/mol. The lowest BCUT2D eigenvalue weighted by molar-refractivity contribution is -0.177. The van der Waals surface area contributed by atoms with Crippen molar-refractivity contribution in [1.82, 2.24) is 19.7 Å². The Morgan fingerprint density at radius 3 is 2.75 bits per heavy atom. The number of halogens is 2. The molecule has 0 spiro atoms. The second kappa shape index (κ2) is 6.22. The molecule has 0 amide bonds. The Morgan fingerprint density at radius 2 is 2.04 bits per heavy atom. The summed E-state index contributed by atoms with van der Waals surface area (Å²) in [6.07, 6.45) is 3.47. The predicted octanol–water partition coefficient (Wildman–Crippen LogP) is 3.48. The first-order valence-corrected chi connectivity index (χ1v) is 8.18. The van der Waals surface area contributed by atoms with E-state index in [0.717, 1.165) is 11.3 Å². The van der Waals surface area contributed by atoms with Crippen LogP contribution in [0.3, 0.4) is 0 Å². The molecule has 3 heterocycles. The fourth-order valence-electron chi connectivity index (χ4n) is 2.76. The van der Waals surface area contributed by atoms with Crippen molar-refractivity contribution >= 4 is 23.2 Å². The van der Waals surface area contributed by atoms with Gasteiger partial charge in [-0.05, 0) is 24.3 Å². The van der Waals surface area contributed by atoms with Gasteiger partial charge in [-0.1, -0.05) is 29.3 Å². The first kappa shape index (κ1) is 15.7. The molecule has 1 aliphatic heterocycles. The lowest BCUT2D eigenvalue weighted by atomic mass is 10.1. The number of aromatic nitrogens is 4. The van der Waals surface area contributed by atoms with Crippen molar-refractivity contribution < 1.29 is 9.47 Å². The normalized spacial score (nSPS) is 16.6. The van der Waals surface area contributed by atoms with Crippen LogP contribution in [0.4, 0.5) is 0 Å². The Bertz CT molecular complexity index is 842. The van der Waals surface area contributed by atoms with Crippen molar-refractivity contribution in [3.8, 4) is 11.5 Å². The summed E-state index contributed by atoms with van der Waals surface area (Å²) in [6, 6.07) is 9.07. The van der Waals surface area contributed by atoms with Gasteiger partial charge in [0.25, 0.3) is 0 Å². The standard InChI is InChI=1S/C16H14Cl2N4O2/c17-11-3-4-12(13(18)8-11)16(23-6-7-24-16)9-22-10-20-15(21-22)14-2-1-5-19-14/h1-5,8,10,19H,6-7,9H2. The largest absolute Gasteiger partial charge is 0.359 e. The fraction of sp³-hybridized carbons (Fsp3) is 0.250. The summed E-state index contributed by atoms with van der Waals surface area (Å²) in [5.74, 6) is -0.391. The number of hydrogen-bond acceptors (Lipinski definition) is 4. The van der Waals surface area contributed by atoms with Crippen molar-refractivity contribution in [2.24, 2.45) is 0 Å². The third-order valence-corrected chi connectivity index (χ3v) is 4.39. The topological polar surface area (TPSA) is 65.0 Å². The maximum atomic E-state index is 6.36. The fourth-order valence-corrected chi connectivity index (χ4v) is 3.31. The minimum atomic E-state index is -0.998. The molecule has 24 heavy (non-hydrogen) atoms. The minimum absolute atomic E-state index is 0.335. The van der Waals surface area contributed by atoms with Gasteiger partial charge in [0.15, 0.2) is 5.82 Å². The van der Waals surface area contributed by atoms with Gasteiger partial charge in [0, 0.05) is 16.8 Å². The number of aromatic amines is 1. The van der Waals surface area contributed by atoms with Crippen LogP contribution in [0, 0.1) is 0 Å². The zero-order valence-electron chi connectivity index (χ0n) is 12.6. The van der Waals surface area contributed by atoms with Gasteiger partial charge in [-0.15, -0.1) is 5.10 Å². The zero-order chi connectivity index (χ0) is 16.6. The smallest absolute Gasteiger partial charge is 0.216 e. The van der Waals surface area contributed by atoms with Crippen LogP contribution in [0.5, 0.6) is 0 Å². The summed E-state index contributed by atoms with van der Waals surface area (Å²) >= 11 is 12.3. The second-order valence-corrected chi connectivity index (χ2v) is 6.27. The summed E-state index contributed by atoms with van der Waals surface area (Å²) in [5.41, 5.74) is 1.57. The highest BCUT2D eigenvalue weighted by Gasteiger charge is 2.41. The summed E-state index contributed by atoms with van der Waals surface area (Å²) in [7, 11) is 0. The number of hydrogen-bond donors (Lipinski definition) is 1. The molecule has 124 valence electrons. The monoisotopic (exact) mass is 364 g/mol. The van der Waals surface area contributed by atoms with E-state index in [-0.39, 0.29) is 0 Å². The van der Waals surface area contributed by atoms with E-state index in [1.54, 1.807) is 23.1 Å². The van der Waals surface area contributed by atoms with E-state index in [1.165, 1.54) is 0 Å². The Balaban J connectivity index is 1.67. The van der Waals surface area contributed by atoms with Crippen LogP contribution in [0.2, 0.25) is 10.0 Å². The molecule has 1 aliphatic rings. The number of ether oxygens (including phenoxy) is 2. The molecule has 0 atom stereocenters. The number of nitrogens with zero attached hydrogens (tertiary/aromatic N) is 3. The van der Waals surface area contributed by atoms with Crippen molar-refractivity contribution in [3.05, 3.63) is 58.5 Å². The van der Waals surface area contributed by atoms with Crippen LogP contribution in [0.1, 0.15) is 5.56 Å². The third-order valence-electron chi connectivity index (χ3n) is 3.84. The average molecular weight is 365 g/mol. The summed E-state index contributed by atoms with van der Waals surface area (Å²) in [5, 5.41) is 5.54. The van der Waals surface area contributed by atoms with E-state index in [9.17, 15) is 0 Å². The van der Waals surface area contributed by atoms with Gasteiger partial charge in [0.05, 0.1) is 23.9 Å². The number of H-pyrrole nitrogens is 1. The Hall–Kier alpha value is -1.86. The van der Waals surface area contributed by atoms with Gasteiger partial charge in [-0.3, -0.25) is 0 Å². The van der Waals surface area contributed by atoms with Gasteiger partial charge >= 0.3 is 0 Å². The lowest BCUT2D eigenvalue weighted by Crippen LogP contribution is -2.33. The zero-order valence-corrected chi connectivity index (χ0v) is 14.1. The summed E-state index contributed by atoms with van der Waals surface area (Å²) in [6.45, 7) is 1.30. The van der Waals surface area contributed by atoms with Gasteiger partial charge < -0.3 is 14.5 Å². The highest BCUT2D eigenvalue weighted by molar-refractivity contribution is 6.35. The molecule has 1 saturated heterocycles.